The summed E-state index contributed by atoms with van der Waals surface area (Å²) in [7, 11) is 0. The number of H-pyrrole nitrogens is 1. The Balaban J connectivity index is 1.31. The lowest BCUT2D eigenvalue weighted by atomic mass is 9.54. The highest BCUT2D eigenvalue weighted by Gasteiger charge is 2.66. The van der Waals surface area contributed by atoms with Gasteiger partial charge in [-0.3, -0.25) is 9.89 Å². The number of nitrogens with one attached hydrogen (secondary N) is 1. The molecule has 5 aliphatic heterocycles. The molecular formula is C36H46N4O2. The van der Waals surface area contributed by atoms with E-state index < -0.39 is 5.60 Å². The third kappa shape index (κ3) is 4.28. The van der Waals surface area contributed by atoms with E-state index in [0.717, 1.165) is 93.6 Å². The van der Waals surface area contributed by atoms with E-state index in [4.69, 9.17) is 4.99 Å². The van der Waals surface area contributed by atoms with E-state index in [0.29, 0.717) is 17.7 Å². The van der Waals surface area contributed by atoms with E-state index in [-0.39, 0.29) is 11.5 Å². The zero-order chi connectivity index (χ0) is 28.3. The maximum Gasteiger partial charge on any atom is 0.116 e. The number of piperidine rings is 1. The summed E-state index contributed by atoms with van der Waals surface area (Å²) in [6.07, 6.45) is 23.9. The van der Waals surface area contributed by atoms with Crippen molar-refractivity contribution in [2.75, 3.05) is 32.7 Å². The minimum Gasteiger partial charge on any atom is -0.508 e. The lowest BCUT2D eigenvalue weighted by molar-refractivity contribution is -0.0948. The fraction of sp³-hybridized carbons (Fsp3) is 0.583. The molecule has 1 unspecified atom stereocenters. The molecule has 1 aromatic carbocycles. The molecule has 3 bridgehead atoms. The molecule has 2 fully saturated rings. The Labute approximate surface area is 249 Å². The zero-order valence-corrected chi connectivity index (χ0v) is 24.9. The van der Waals surface area contributed by atoms with Gasteiger partial charge in [-0.1, -0.05) is 24.3 Å². The number of phenolic OH excluding ortho intramolecular Hbond substituents is 1. The number of hydrogen-bond donors (Lipinski definition) is 3. The average molecular weight is 567 g/mol. The maximum atomic E-state index is 13.1. The van der Waals surface area contributed by atoms with Crippen molar-refractivity contribution in [1.29, 1.82) is 0 Å². The van der Waals surface area contributed by atoms with Gasteiger partial charge in [0.05, 0.1) is 23.0 Å². The van der Waals surface area contributed by atoms with Gasteiger partial charge in [-0.05, 0) is 132 Å². The number of allylic oxidation sites excluding steroid dienone is 4. The molecule has 3 N–H and O–H groups in total. The number of phenols is 1. The first-order valence-electron chi connectivity index (χ1n) is 16.7. The molecule has 0 radical (unpaired) electrons. The largest absolute Gasteiger partial charge is 0.508 e. The van der Waals surface area contributed by atoms with Crippen LogP contribution in [0.2, 0.25) is 0 Å². The van der Waals surface area contributed by atoms with Crippen molar-refractivity contribution in [3.63, 3.8) is 0 Å². The number of benzene rings is 1. The zero-order valence-electron chi connectivity index (χ0n) is 24.9. The molecule has 6 aliphatic rings. The van der Waals surface area contributed by atoms with Crippen molar-refractivity contribution in [1.82, 2.24) is 14.8 Å². The third-order valence-corrected chi connectivity index (χ3v) is 11.5. The smallest absolute Gasteiger partial charge is 0.116 e. The van der Waals surface area contributed by atoms with Crippen molar-refractivity contribution in [2.45, 2.75) is 88.3 Å². The number of aliphatic hydroxyl groups is 1. The molecule has 2 saturated heterocycles. The van der Waals surface area contributed by atoms with Crippen molar-refractivity contribution < 1.29 is 10.2 Å². The van der Waals surface area contributed by atoms with Crippen molar-refractivity contribution in [2.24, 2.45) is 16.3 Å². The highest BCUT2D eigenvalue weighted by molar-refractivity contribution is 6.16. The number of aromatic nitrogens is 1. The minimum atomic E-state index is -0.917. The summed E-state index contributed by atoms with van der Waals surface area (Å²) >= 11 is 0. The molecule has 6 nitrogen and oxygen atoms in total. The van der Waals surface area contributed by atoms with Crippen LogP contribution in [0.25, 0.3) is 10.9 Å². The summed E-state index contributed by atoms with van der Waals surface area (Å²) < 4.78 is 0. The summed E-state index contributed by atoms with van der Waals surface area (Å²) in [5, 5.41) is 24.5. The molecule has 6 heteroatoms. The molecule has 1 aromatic heterocycles. The molecular weight excluding hydrogens is 520 g/mol. The highest BCUT2D eigenvalue weighted by atomic mass is 16.3. The minimum absolute atomic E-state index is 0.0153. The van der Waals surface area contributed by atoms with Crippen molar-refractivity contribution >= 4 is 16.6 Å². The quantitative estimate of drug-likeness (QED) is 0.376. The molecule has 1 aliphatic carbocycles. The standard InChI is InChI=1S/C36H46N4O2/c41-26-12-13-31-28(21-26)27-14-17-37-32(33(27)38-31)29-23-36(42)16-8-4-1-2-5-9-18-39-20-15-30(29)35(24-39)22-25-11-7-3-6-10-19-40(25)34(35)36/h1,4,7,11-13,21,23,25,30,34,38,41-42H,2-3,5-6,8-10,14-20,22,24H2/b4-1+,11-7-/t25-,30-,34+,35-,36-/m0/s1. The molecule has 0 amide bonds. The summed E-state index contributed by atoms with van der Waals surface area (Å²) in [5.74, 6) is 0.674. The predicted molar refractivity (Wildman–Crippen MR) is 169 cm³/mol. The van der Waals surface area contributed by atoms with E-state index >= 15 is 0 Å². The van der Waals surface area contributed by atoms with Gasteiger partial charge in [-0.25, -0.2) is 0 Å². The first-order chi connectivity index (χ1) is 20.6. The Hall–Kier alpha value is -2.67. The van der Waals surface area contributed by atoms with Gasteiger partial charge in [0.25, 0.3) is 0 Å². The Morgan fingerprint density at radius 1 is 0.976 bits per heavy atom. The topological polar surface area (TPSA) is 75.1 Å². The number of aliphatic imine (C=N–C) groups is 1. The number of hydrogen-bond acceptors (Lipinski definition) is 5. The second-order valence-electron chi connectivity index (χ2n) is 14.0. The fourth-order valence-electron chi connectivity index (χ4n) is 9.88. The summed E-state index contributed by atoms with van der Waals surface area (Å²) in [5.41, 5.74) is 4.84. The van der Waals surface area contributed by atoms with Crippen LogP contribution in [0.15, 0.2) is 59.1 Å². The summed E-state index contributed by atoms with van der Waals surface area (Å²) in [4.78, 5) is 14.5. The molecule has 1 spiro atoms. The van der Waals surface area contributed by atoms with Crippen LogP contribution >= 0.6 is 0 Å². The van der Waals surface area contributed by atoms with Crippen LogP contribution in [0.5, 0.6) is 5.75 Å². The normalized spacial score (nSPS) is 38.4. The van der Waals surface area contributed by atoms with Gasteiger partial charge in [0.1, 0.15) is 5.75 Å². The average Bonchev–Trinajstić information content (AvgIpc) is 3.48. The van der Waals surface area contributed by atoms with Gasteiger partial charge in [-0.2, -0.15) is 0 Å². The molecule has 222 valence electrons. The maximum absolute atomic E-state index is 13.1. The van der Waals surface area contributed by atoms with Crippen LogP contribution in [0, 0.1) is 11.3 Å². The van der Waals surface area contributed by atoms with Crippen LogP contribution in [-0.2, 0) is 6.42 Å². The van der Waals surface area contributed by atoms with E-state index in [1.165, 1.54) is 43.2 Å². The van der Waals surface area contributed by atoms with Gasteiger partial charge >= 0.3 is 0 Å². The molecule has 6 heterocycles. The Bertz CT molecular complexity index is 1480. The summed E-state index contributed by atoms with van der Waals surface area (Å²) in [6, 6.07) is 6.16. The van der Waals surface area contributed by atoms with Gasteiger partial charge in [0.2, 0.25) is 0 Å². The number of aromatic hydroxyl groups is 1. The monoisotopic (exact) mass is 566 g/mol. The van der Waals surface area contributed by atoms with E-state index in [1.807, 2.05) is 12.1 Å². The second-order valence-corrected chi connectivity index (χ2v) is 14.0. The SMILES string of the molecule is Oc1ccc2[nH]c3c(c2c1)CCN=C3C1=C[C@@]2(O)CC/C=C/CCCCN3CC[C@@H]1[C@]1(C[C@@H]4/C=C\CCCCN4[C@H]12)C3. The van der Waals surface area contributed by atoms with Crippen molar-refractivity contribution in [3.8, 4) is 5.75 Å². The fourth-order valence-corrected chi connectivity index (χ4v) is 9.88. The van der Waals surface area contributed by atoms with Crippen LogP contribution in [-0.4, -0.2) is 81.1 Å². The van der Waals surface area contributed by atoms with Crippen LogP contribution < -0.4 is 0 Å². The Kier molecular flexibility index (Phi) is 6.73. The van der Waals surface area contributed by atoms with Gasteiger partial charge in [0, 0.05) is 35.4 Å². The van der Waals surface area contributed by atoms with E-state index in [1.54, 1.807) is 6.07 Å². The predicted octanol–water partition coefficient (Wildman–Crippen LogP) is 5.90. The van der Waals surface area contributed by atoms with Crippen LogP contribution in [0.1, 0.15) is 75.5 Å². The molecule has 6 atom stereocenters. The molecule has 42 heavy (non-hydrogen) atoms. The molecule has 2 aromatic rings. The molecule has 0 saturated carbocycles. The first-order valence-corrected chi connectivity index (χ1v) is 16.7. The van der Waals surface area contributed by atoms with E-state index in [2.05, 4.69) is 45.2 Å². The lowest BCUT2D eigenvalue weighted by Gasteiger charge is -2.58. The number of rotatable bonds is 1. The molecule has 8 rings (SSSR count). The van der Waals surface area contributed by atoms with Gasteiger partial charge < -0.3 is 20.1 Å². The number of nitrogens with zero attached hydrogens (tertiary/aromatic N) is 3. The lowest BCUT2D eigenvalue weighted by Crippen LogP contribution is -2.66. The highest BCUT2D eigenvalue weighted by Crippen LogP contribution is 2.60. The number of fused-ring (bicyclic) bond motifs is 5. The van der Waals surface area contributed by atoms with E-state index in [9.17, 15) is 10.2 Å². The van der Waals surface area contributed by atoms with Gasteiger partial charge in [0.15, 0.2) is 0 Å². The number of aromatic amines is 1. The first kappa shape index (κ1) is 26.9. The third-order valence-electron chi connectivity index (χ3n) is 11.5. The Morgan fingerprint density at radius 2 is 1.83 bits per heavy atom. The van der Waals surface area contributed by atoms with Crippen LogP contribution in [0.3, 0.4) is 0 Å². The Morgan fingerprint density at radius 3 is 2.76 bits per heavy atom. The summed E-state index contributed by atoms with van der Waals surface area (Å²) in [6.45, 7) is 5.16. The van der Waals surface area contributed by atoms with Crippen LogP contribution in [0.4, 0.5) is 0 Å². The second kappa shape index (κ2) is 10.5. The van der Waals surface area contributed by atoms with Crippen molar-refractivity contribution in [3.05, 3.63) is 65.4 Å². The van der Waals surface area contributed by atoms with Gasteiger partial charge in [-0.15, -0.1) is 0 Å².